The highest BCUT2D eigenvalue weighted by Crippen LogP contribution is 2.38. The molecule has 0 bridgehead atoms. The van der Waals surface area contributed by atoms with Crippen LogP contribution >= 0.6 is 0 Å². The number of rotatable bonds is 7. The number of aryl methyl sites for hydroxylation is 2. The van der Waals surface area contributed by atoms with Crippen molar-refractivity contribution in [1.82, 2.24) is 24.9 Å². The van der Waals surface area contributed by atoms with Gasteiger partial charge in [-0.3, -0.25) is 9.97 Å². The van der Waals surface area contributed by atoms with E-state index in [-0.39, 0.29) is 0 Å². The molecule has 0 atom stereocenters. The van der Waals surface area contributed by atoms with Crippen molar-refractivity contribution in [1.29, 1.82) is 0 Å². The van der Waals surface area contributed by atoms with E-state index in [1.165, 1.54) is 0 Å². The second kappa shape index (κ2) is 14.8. The van der Waals surface area contributed by atoms with Gasteiger partial charge in [0.1, 0.15) is 0 Å². The summed E-state index contributed by atoms with van der Waals surface area (Å²) in [5.41, 5.74) is 15.1. The molecule has 0 N–H and O–H groups in total. The Balaban J connectivity index is 1.23. The van der Waals surface area contributed by atoms with E-state index in [1.807, 2.05) is 44.2 Å². The monoisotopic (exact) mass is 743 g/mol. The van der Waals surface area contributed by atoms with Crippen LogP contribution in [0.4, 0.5) is 0 Å². The average Bonchev–Trinajstić information content (AvgIpc) is 3.29. The number of hydrogen-bond donors (Lipinski definition) is 0. The van der Waals surface area contributed by atoms with Crippen molar-refractivity contribution >= 4 is 21.8 Å². The minimum absolute atomic E-state index is 0.585. The van der Waals surface area contributed by atoms with Crippen LogP contribution in [0.3, 0.4) is 0 Å². The third kappa shape index (κ3) is 6.80. The Morgan fingerprint density at radius 3 is 1.05 bits per heavy atom. The van der Waals surface area contributed by atoms with Gasteiger partial charge in [0.15, 0.2) is 17.5 Å². The zero-order valence-corrected chi connectivity index (χ0v) is 32.1. The first-order chi connectivity index (χ1) is 28.5. The van der Waals surface area contributed by atoms with Crippen LogP contribution in [0.25, 0.3) is 100 Å². The van der Waals surface area contributed by atoms with Crippen LogP contribution in [0.1, 0.15) is 11.4 Å². The smallest absolute Gasteiger partial charge is 0.164 e. The quantitative estimate of drug-likeness (QED) is 0.163. The summed E-state index contributed by atoms with van der Waals surface area (Å²) >= 11 is 0. The summed E-state index contributed by atoms with van der Waals surface area (Å²) in [7, 11) is 0. The van der Waals surface area contributed by atoms with Gasteiger partial charge in [0.25, 0.3) is 0 Å². The maximum atomic E-state index is 5.34. The van der Waals surface area contributed by atoms with Gasteiger partial charge in [-0.15, -0.1) is 0 Å². The molecule has 10 aromatic rings. The van der Waals surface area contributed by atoms with Crippen LogP contribution in [0.15, 0.2) is 188 Å². The minimum Gasteiger partial charge on any atom is -0.252 e. The Bertz CT molecular complexity index is 2930. The fraction of sp³-hybridized carbons (Fsp3) is 0.0377. The van der Waals surface area contributed by atoms with Crippen LogP contribution in [0.2, 0.25) is 0 Å². The molecule has 0 amide bonds. The first-order valence-corrected chi connectivity index (χ1v) is 19.5. The second-order valence-corrected chi connectivity index (χ2v) is 14.7. The molecule has 0 fully saturated rings. The van der Waals surface area contributed by atoms with Crippen LogP contribution < -0.4 is 0 Å². The fourth-order valence-corrected chi connectivity index (χ4v) is 7.72. The van der Waals surface area contributed by atoms with Gasteiger partial charge in [-0.1, -0.05) is 140 Å². The number of aromatic nitrogens is 5. The van der Waals surface area contributed by atoms with Crippen molar-refractivity contribution < 1.29 is 0 Å². The van der Waals surface area contributed by atoms with Gasteiger partial charge < -0.3 is 0 Å². The SMILES string of the molecule is Cc1ccc2cccc(-c3cc(-c4ccccc4)cc(-c4nc(-c5ccccc5)nc(-c5cc(-c6ccccc6)cc(-c6cccc7ccc(C)nc67)c5)n4)c3)c2n1. The van der Waals surface area contributed by atoms with Gasteiger partial charge in [0.2, 0.25) is 0 Å². The number of benzene rings is 7. The molecule has 0 saturated carbocycles. The van der Waals surface area contributed by atoms with E-state index in [1.54, 1.807) is 0 Å². The molecule has 0 radical (unpaired) electrons. The standard InChI is InChI=1S/C53H37N5/c1-34-24-26-38-20-12-22-47(49(38)54-34)43-28-41(36-14-6-3-7-15-36)30-45(32-43)52-56-51(40-18-10-5-11-19-40)57-53(58-52)46-31-42(37-16-8-4-9-17-37)29-44(33-46)48-23-13-21-39-27-25-35(2)55-50(39)48/h3-33H,1-2H3. The fourth-order valence-electron chi connectivity index (χ4n) is 7.72. The van der Waals surface area contributed by atoms with Gasteiger partial charge in [-0.2, -0.15) is 0 Å². The Morgan fingerprint density at radius 1 is 0.259 bits per heavy atom. The molecule has 0 unspecified atom stereocenters. The third-order valence-corrected chi connectivity index (χ3v) is 10.6. The molecule has 7 aromatic carbocycles. The molecule has 5 nitrogen and oxygen atoms in total. The zero-order valence-electron chi connectivity index (χ0n) is 32.1. The van der Waals surface area contributed by atoms with Crippen LogP contribution in [-0.4, -0.2) is 24.9 Å². The predicted octanol–water partition coefficient (Wildman–Crippen LogP) is 13.3. The summed E-state index contributed by atoms with van der Waals surface area (Å²) in [6.45, 7) is 4.07. The van der Waals surface area contributed by atoms with E-state index in [4.69, 9.17) is 24.9 Å². The van der Waals surface area contributed by atoms with Gasteiger partial charge in [0.05, 0.1) is 11.0 Å². The van der Waals surface area contributed by atoms with E-state index in [9.17, 15) is 0 Å². The highest BCUT2D eigenvalue weighted by molar-refractivity contribution is 5.97. The molecule has 3 heterocycles. The lowest BCUT2D eigenvalue weighted by atomic mass is 9.94. The predicted molar refractivity (Wildman–Crippen MR) is 238 cm³/mol. The number of pyridine rings is 2. The van der Waals surface area contributed by atoms with Gasteiger partial charge in [-0.25, -0.2) is 15.0 Å². The molecule has 0 saturated heterocycles. The maximum absolute atomic E-state index is 5.34. The van der Waals surface area contributed by atoms with E-state index < -0.39 is 0 Å². The van der Waals surface area contributed by atoms with Crippen molar-refractivity contribution in [3.8, 4) is 78.7 Å². The Labute approximate surface area is 337 Å². The number of fused-ring (bicyclic) bond motifs is 2. The molecule has 0 aliphatic heterocycles. The highest BCUT2D eigenvalue weighted by Gasteiger charge is 2.18. The van der Waals surface area contributed by atoms with Crippen molar-refractivity contribution in [3.63, 3.8) is 0 Å². The summed E-state index contributed by atoms with van der Waals surface area (Å²) in [5, 5.41) is 2.18. The molecule has 5 heteroatoms. The summed E-state index contributed by atoms with van der Waals surface area (Å²) in [6, 6.07) is 65.5. The second-order valence-electron chi connectivity index (χ2n) is 14.7. The first-order valence-electron chi connectivity index (χ1n) is 19.5. The molecular formula is C53H37N5. The molecule has 274 valence electrons. The number of hydrogen-bond acceptors (Lipinski definition) is 5. The number of nitrogens with zero attached hydrogens (tertiary/aromatic N) is 5. The lowest BCUT2D eigenvalue weighted by Crippen LogP contribution is -2.01. The van der Waals surface area contributed by atoms with Gasteiger partial charge in [0, 0.05) is 50.0 Å². The van der Waals surface area contributed by atoms with Crippen molar-refractivity contribution in [2.24, 2.45) is 0 Å². The molecule has 58 heavy (non-hydrogen) atoms. The summed E-state index contributed by atoms with van der Waals surface area (Å²) in [5.74, 6) is 1.77. The van der Waals surface area contributed by atoms with Gasteiger partial charge >= 0.3 is 0 Å². The molecule has 0 aliphatic carbocycles. The molecule has 0 spiro atoms. The zero-order chi connectivity index (χ0) is 39.0. The maximum Gasteiger partial charge on any atom is 0.164 e. The lowest BCUT2D eigenvalue weighted by molar-refractivity contribution is 1.07. The van der Waals surface area contributed by atoms with E-state index in [0.717, 1.165) is 94.4 Å². The average molecular weight is 744 g/mol. The normalized spacial score (nSPS) is 11.3. The highest BCUT2D eigenvalue weighted by atomic mass is 15.0. The van der Waals surface area contributed by atoms with Crippen molar-refractivity contribution in [2.75, 3.05) is 0 Å². The van der Waals surface area contributed by atoms with E-state index in [2.05, 4.69) is 158 Å². The molecule has 10 rings (SSSR count). The van der Waals surface area contributed by atoms with Crippen LogP contribution in [0, 0.1) is 13.8 Å². The van der Waals surface area contributed by atoms with Crippen LogP contribution in [0.5, 0.6) is 0 Å². The third-order valence-electron chi connectivity index (χ3n) is 10.6. The van der Waals surface area contributed by atoms with E-state index >= 15 is 0 Å². The molecule has 0 aliphatic rings. The molecule has 3 aromatic heterocycles. The Morgan fingerprint density at radius 2 is 0.621 bits per heavy atom. The summed E-state index contributed by atoms with van der Waals surface area (Å²) in [4.78, 5) is 25.8. The van der Waals surface area contributed by atoms with Gasteiger partial charge in [-0.05, 0) is 95.8 Å². The Hall–Kier alpha value is -7.63. The summed E-state index contributed by atoms with van der Waals surface area (Å²) < 4.78 is 0. The number of para-hydroxylation sites is 2. The largest absolute Gasteiger partial charge is 0.252 e. The minimum atomic E-state index is 0.585. The first kappa shape index (κ1) is 34.8. The summed E-state index contributed by atoms with van der Waals surface area (Å²) in [6.07, 6.45) is 0. The Kier molecular flexibility index (Phi) is 8.88. The lowest BCUT2D eigenvalue weighted by Gasteiger charge is -2.15. The van der Waals surface area contributed by atoms with Crippen molar-refractivity contribution in [3.05, 3.63) is 199 Å². The van der Waals surface area contributed by atoms with E-state index in [0.29, 0.717) is 17.5 Å². The molecular weight excluding hydrogens is 707 g/mol. The topological polar surface area (TPSA) is 64.5 Å². The van der Waals surface area contributed by atoms with Crippen LogP contribution in [-0.2, 0) is 0 Å². The van der Waals surface area contributed by atoms with Crippen molar-refractivity contribution in [2.45, 2.75) is 13.8 Å².